The van der Waals surface area contributed by atoms with Gasteiger partial charge < -0.3 is 10.5 Å². The molecule has 0 bridgehead atoms. The number of methoxy groups -OCH3 is 1. The number of esters is 1. The molecule has 17 heavy (non-hydrogen) atoms. The van der Waals surface area contributed by atoms with E-state index in [9.17, 15) is 4.79 Å². The van der Waals surface area contributed by atoms with Gasteiger partial charge in [-0.1, -0.05) is 26.0 Å². The van der Waals surface area contributed by atoms with Gasteiger partial charge in [0, 0.05) is 12.0 Å². The van der Waals surface area contributed by atoms with Crippen LogP contribution in [-0.2, 0) is 10.2 Å². The standard InChI is InChI=1S/C14H19NO2/c1-13(2)8-14(13,9-15)11-6-4-10(5-7-11)12(16)17-3/h4-7H,8-9,15H2,1-3H3. The Morgan fingerprint density at radius 1 is 1.35 bits per heavy atom. The zero-order valence-electron chi connectivity index (χ0n) is 10.6. The summed E-state index contributed by atoms with van der Waals surface area (Å²) in [7, 11) is 1.39. The molecule has 0 heterocycles. The summed E-state index contributed by atoms with van der Waals surface area (Å²) >= 11 is 0. The number of rotatable bonds is 3. The lowest BCUT2D eigenvalue weighted by atomic mass is 9.87. The number of benzene rings is 1. The van der Waals surface area contributed by atoms with E-state index in [0.29, 0.717) is 12.1 Å². The Balaban J connectivity index is 2.28. The second-order valence-corrected chi connectivity index (χ2v) is 5.42. The van der Waals surface area contributed by atoms with E-state index in [2.05, 4.69) is 18.6 Å². The summed E-state index contributed by atoms with van der Waals surface area (Å²) in [5.74, 6) is -0.298. The third kappa shape index (κ3) is 1.75. The van der Waals surface area contributed by atoms with Gasteiger partial charge in [0.1, 0.15) is 0 Å². The molecule has 1 aliphatic carbocycles. The van der Waals surface area contributed by atoms with Gasteiger partial charge in [-0.25, -0.2) is 4.79 Å². The van der Waals surface area contributed by atoms with E-state index >= 15 is 0 Å². The number of hydrogen-bond acceptors (Lipinski definition) is 3. The van der Waals surface area contributed by atoms with Crippen molar-refractivity contribution in [2.45, 2.75) is 25.7 Å². The van der Waals surface area contributed by atoms with Crippen molar-refractivity contribution >= 4 is 5.97 Å². The highest BCUT2D eigenvalue weighted by Crippen LogP contribution is 2.63. The first kappa shape index (κ1) is 12.1. The minimum absolute atomic E-state index is 0.0850. The van der Waals surface area contributed by atoms with E-state index in [-0.39, 0.29) is 16.8 Å². The SMILES string of the molecule is COC(=O)c1ccc(C2(CN)CC2(C)C)cc1. The zero-order valence-corrected chi connectivity index (χ0v) is 10.6. The van der Waals surface area contributed by atoms with Crippen LogP contribution in [0.25, 0.3) is 0 Å². The van der Waals surface area contributed by atoms with E-state index < -0.39 is 0 Å². The summed E-state index contributed by atoms with van der Waals surface area (Å²) in [6.45, 7) is 5.11. The average Bonchev–Trinajstić information content (AvgIpc) is 2.92. The molecule has 1 unspecified atom stereocenters. The van der Waals surface area contributed by atoms with Crippen molar-refractivity contribution in [3.05, 3.63) is 35.4 Å². The van der Waals surface area contributed by atoms with Gasteiger partial charge in [-0.2, -0.15) is 0 Å². The van der Waals surface area contributed by atoms with E-state index in [1.807, 2.05) is 24.3 Å². The fourth-order valence-corrected chi connectivity index (χ4v) is 2.71. The minimum Gasteiger partial charge on any atom is -0.465 e. The van der Waals surface area contributed by atoms with Crippen LogP contribution in [0.1, 0.15) is 36.2 Å². The van der Waals surface area contributed by atoms with Crippen LogP contribution in [-0.4, -0.2) is 19.6 Å². The lowest BCUT2D eigenvalue weighted by Crippen LogP contribution is -2.25. The molecule has 1 fully saturated rings. The first-order valence-corrected chi connectivity index (χ1v) is 5.86. The van der Waals surface area contributed by atoms with Crippen molar-refractivity contribution in [3.8, 4) is 0 Å². The lowest BCUT2D eigenvalue weighted by Gasteiger charge is -2.19. The van der Waals surface area contributed by atoms with E-state index in [1.165, 1.54) is 12.7 Å². The molecule has 1 aliphatic rings. The summed E-state index contributed by atoms with van der Waals surface area (Å²) in [5.41, 5.74) is 8.06. The predicted molar refractivity (Wildman–Crippen MR) is 66.9 cm³/mol. The lowest BCUT2D eigenvalue weighted by molar-refractivity contribution is 0.0600. The van der Waals surface area contributed by atoms with E-state index in [1.54, 1.807) is 0 Å². The Morgan fingerprint density at radius 3 is 2.24 bits per heavy atom. The summed E-state index contributed by atoms with van der Waals surface area (Å²) in [6.07, 6.45) is 1.11. The van der Waals surface area contributed by atoms with Crippen LogP contribution in [0.2, 0.25) is 0 Å². The Labute approximate surface area is 102 Å². The second-order valence-electron chi connectivity index (χ2n) is 5.42. The van der Waals surface area contributed by atoms with Crippen LogP contribution in [0.3, 0.4) is 0 Å². The number of carbonyl (C=O) groups is 1. The fourth-order valence-electron chi connectivity index (χ4n) is 2.71. The number of hydrogen-bond donors (Lipinski definition) is 1. The van der Waals surface area contributed by atoms with Crippen LogP contribution in [0.4, 0.5) is 0 Å². The molecule has 3 nitrogen and oxygen atoms in total. The van der Waals surface area contributed by atoms with Crippen LogP contribution < -0.4 is 5.73 Å². The molecule has 0 aliphatic heterocycles. The molecule has 92 valence electrons. The Morgan fingerprint density at radius 2 is 1.88 bits per heavy atom. The van der Waals surface area contributed by atoms with Crippen LogP contribution in [0, 0.1) is 5.41 Å². The highest BCUT2D eigenvalue weighted by Gasteiger charge is 2.60. The van der Waals surface area contributed by atoms with Gasteiger partial charge in [-0.3, -0.25) is 0 Å². The van der Waals surface area contributed by atoms with Gasteiger partial charge in [0.25, 0.3) is 0 Å². The molecular formula is C14H19NO2. The van der Waals surface area contributed by atoms with Crippen molar-refractivity contribution in [2.24, 2.45) is 11.1 Å². The Bertz CT molecular complexity index is 436. The van der Waals surface area contributed by atoms with Crippen LogP contribution >= 0.6 is 0 Å². The molecule has 1 atom stereocenters. The normalized spacial score (nSPS) is 25.4. The topological polar surface area (TPSA) is 52.3 Å². The van der Waals surface area contributed by atoms with Gasteiger partial charge in [0.05, 0.1) is 12.7 Å². The third-order valence-electron chi connectivity index (χ3n) is 4.12. The van der Waals surface area contributed by atoms with Gasteiger partial charge in [0.2, 0.25) is 0 Å². The third-order valence-corrected chi connectivity index (χ3v) is 4.12. The number of carbonyl (C=O) groups excluding carboxylic acids is 1. The molecule has 1 aromatic rings. The second kappa shape index (κ2) is 3.84. The van der Waals surface area contributed by atoms with E-state index in [0.717, 1.165) is 6.42 Å². The van der Waals surface area contributed by atoms with Crippen molar-refractivity contribution in [3.63, 3.8) is 0 Å². The van der Waals surface area contributed by atoms with Crippen molar-refractivity contribution in [2.75, 3.05) is 13.7 Å². The van der Waals surface area contributed by atoms with Crippen LogP contribution in [0.5, 0.6) is 0 Å². The molecule has 2 N–H and O–H groups in total. The van der Waals surface area contributed by atoms with Crippen LogP contribution in [0.15, 0.2) is 24.3 Å². The van der Waals surface area contributed by atoms with Gasteiger partial charge in [-0.15, -0.1) is 0 Å². The van der Waals surface area contributed by atoms with Gasteiger partial charge in [-0.05, 0) is 29.5 Å². The van der Waals surface area contributed by atoms with Gasteiger partial charge in [0.15, 0.2) is 0 Å². The fraction of sp³-hybridized carbons (Fsp3) is 0.500. The van der Waals surface area contributed by atoms with Gasteiger partial charge >= 0.3 is 5.97 Å². The predicted octanol–water partition coefficient (Wildman–Crippen LogP) is 2.10. The molecule has 2 rings (SSSR count). The molecule has 3 heteroatoms. The molecule has 1 aromatic carbocycles. The first-order chi connectivity index (χ1) is 7.97. The van der Waals surface area contributed by atoms with Crippen molar-refractivity contribution in [1.82, 2.24) is 0 Å². The average molecular weight is 233 g/mol. The van der Waals surface area contributed by atoms with E-state index in [4.69, 9.17) is 5.73 Å². The van der Waals surface area contributed by atoms with Crippen molar-refractivity contribution < 1.29 is 9.53 Å². The molecule has 1 saturated carbocycles. The summed E-state index contributed by atoms with van der Waals surface area (Å²) < 4.78 is 4.68. The monoisotopic (exact) mass is 233 g/mol. The molecule has 0 spiro atoms. The summed E-state index contributed by atoms with van der Waals surface area (Å²) in [4.78, 5) is 11.3. The highest BCUT2D eigenvalue weighted by atomic mass is 16.5. The largest absolute Gasteiger partial charge is 0.465 e. The molecular weight excluding hydrogens is 214 g/mol. The number of nitrogens with two attached hydrogens (primary N) is 1. The molecule has 0 saturated heterocycles. The quantitative estimate of drug-likeness (QED) is 0.813. The first-order valence-electron chi connectivity index (χ1n) is 5.86. The summed E-state index contributed by atoms with van der Waals surface area (Å²) in [5, 5.41) is 0. The number of ether oxygens (including phenoxy) is 1. The summed E-state index contributed by atoms with van der Waals surface area (Å²) in [6, 6.07) is 7.61. The maximum atomic E-state index is 11.3. The maximum absolute atomic E-state index is 11.3. The molecule has 0 radical (unpaired) electrons. The smallest absolute Gasteiger partial charge is 0.337 e. The minimum atomic E-state index is -0.298. The molecule has 0 amide bonds. The zero-order chi connectivity index (χ0) is 12.7. The molecule has 0 aromatic heterocycles. The maximum Gasteiger partial charge on any atom is 0.337 e. The Kier molecular flexibility index (Phi) is 2.74. The Hall–Kier alpha value is -1.35. The van der Waals surface area contributed by atoms with Crippen molar-refractivity contribution in [1.29, 1.82) is 0 Å². The highest BCUT2D eigenvalue weighted by molar-refractivity contribution is 5.89.